The Bertz CT molecular complexity index is 1340. The third-order valence-electron chi connectivity index (χ3n) is 6.23. The average molecular weight is 510 g/mol. The summed E-state index contributed by atoms with van der Waals surface area (Å²) in [5.74, 6) is -0.343. The van der Waals surface area contributed by atoms with E-state index in [-0.39, 0.29) is 23.6 Å². The Balaban J connectivity index is 1.50. The van der Waals surface area contributed by atoms with Crippen molar-refractivity contribution in [2.24, 2.45) is 0 Å². The number of thioether (sulfide) groups is 1. The average Bonchev–Trinajstić information content (AvgIpc) is 3.36. The SMILES string of the molecule is CCc1cccc2c(/C=C3\SC(=O)N(c4ccc(Cl)cc4)C3=O)cn(CC(=O)N3CCOCC3)c12. The van der Waals surface area contributed by atoms with Crippen LogP contribution in [-0.2, 0) is 27.3 Å². The van der Waals surface area contributed by atoms with Gasteiger partial charge >= 0.3 is 0 Å². The van der Waals surface area contributed by atoms with Crippen molar-refractivity contribution < 1.29 is 19.1 Å². The van der Waals surface area contributed by atoms with E-state index < -0.39 is 0 Å². The molecule has 3 amide bonds. The van der Waals surface area contributed by atoms with Crippen LogP contribution in [0.25, 0.3) is 17.0 Å². The van der Waals surface area contributed by atoms with Gasteiger partial charge in [0, 0.05) is 35.3 Å². The Kier molecular flexibility index (Phi) is 6.69. The Labute approximate surface area is 212 Å². The summed E-state index contributed by atoms with van der Waals surface area (Å²) in [5.41, 5.74) is 3.37. The van der Waals surface area contributed by atoms with Gasteiger partial charge in [-0.2, -0.15) is 0 Å². The summed E-state index contributed by atoms with van der Waals surface area (Å²) in [7, 11) is 0. The highest BCUT2D eigenvalue weighted by Crippen LogP contribution is 2.37. The first kappa shape index (κ1) is 23.7. The molecule has 180 valence electrons. The molecule has 3 aromatic rings. The summed E-state index contributed by atoms with van der Waals surface area (Å²) in [6, 6.07) is 12.6. The molecule has 0 unspecified atom stereocenters. The van der Waals surface area contributed by atoms with Crippen LogP contribution < -0.4 is 4.90 Å². The van der Waals surface area contributed by atoms with Gasteiger partial charge in [0.2, 0.25) is 5.91 Å². The van der Waals surface area contributed by atoms with Gasteiger partial charge in [0.25, 0.3) is 11.1 Å². The summed E-state index contributed by atoms with van der Waals surface area (Å²) in [4.78, 5) is 42.2. The van der Waals surface area contributed by atoms with E-state index in [1.807, 2.05) is 27.8 Å². The van der Waals surface area contributed by atoms with E-state index in [1.165, 1.54) is 0 Å². The van der Waals surface area contributed by atoms with Crippen LogP contribution in [0.2, 0.25) is 5.02 Å². The van der Waals surface area contributed by atoms with Crippen molar-refractivity contribution in [2.75, 3.05) is 31.2 Å². The topological polar surface area (TPSA) is 71.9 Å². The van der Waals surface area contributed by atoms with Gasteiger partial charge < -0.3 is 14.2 Å². The standard InChI is InChI=1S/C26H24ClN3O4S/c1-2-17-4-3-5-21-18(15-29(24(17)21)16-23(31)28-10-12-34-13-11-28)14-22-25(32)30(26(33)35-22)20-8-6-19(27)7-9-20/h3-9,14-15H,2,10-13,16H2,1H3/b22-14-. The highest BCUT2D eigenvalue weighted by atomic mass is 35.5. The lowest BCUT2D eigenvalue weighted by atomic mass is 10.1. The molecule has 0 spiro atoms. The van der Waals surface area contributed by atoms with Crippen molar-refractivity contribution in [2.45, 2.75) is 19.9 Å². The maximum Gasteiger partial charge on any atom is 0.298 e. The van der Waals surface area contributed by atoms with Gasteiger partial charge in [0.15, 0.2) is 0 Å². The minimum Gasteiger partial charge on any atom is -0.378 e. The Morgan fingerprint density at radius 1 is 1.11 bits per heavy atom. The molecule has 9 heteroatoms. The van der Waals surface area contributed by atoms with Crippen molar-refractivity contribution in [3.63, 3.8) is 0 Å². The summed E-state index contributed by atoms with van der Waals surface area (Å²) in [5, 5.41) is 1.11. The number of nitrogens with zero attached hydrogens (tertiary/aromatic N) is 3. The summed E-state index contributed by atoms with van der Waals surface area (Å²) < 4.78 is 7.33. The van der Waals surface area contributed by atoms with Gasteiger partial charge in [-0.25, -0.2) is 4.90 Å². The highest BCUT2D eigenvalue weighted by Gasteiger charge is 2.36. The molecule has 5 rings (SSSR count). The summed E-state index contributed by atoms with van der Waals surface area (Å²) in [6.45, 7) is 4.55. The minimum absolute atomic E-state index is 0.0331. The van der Waals surface area contributed by atoms with E-state index in [1.54, 1.807) is 30.3 Å². The molecule has 2 aliphatic rings. The molecule has 35 heavy (non-hydrogen) atoms. The normalized spacial score (nSPS) is 17.7. The molecule has 2 saturated heterocycles. The number of amides is 3. The number of carbonyl (C=O) groups is 3. The Morgan fingerprint density at radius 3 is 2.57 bits per heavy atom. The van der Waals surface area contributed by atoms with Crippen LogP contribution in [0.1, 0.15) is 18.1 Å². The zero-order valence-electron chi connectivity index (χ0n) is 19.2. The molecule has 0 bridgehead atoms. The van der Waals surface area contributed by atoms with Gasteiger partial charge in [-0.15, -0.1) is 0 Å². The lowest BCUT2D eigenvalue weighted by Gasteiger charge is -2.27. The molecule has 0 radical (unpaired) electrons. The molecule has 0 atom stereocenters. The van der Waals surface area contributed by atoms with E-state index in [4.69, 9.17) is 16.3 Å². The van der Waals surface area contributed by atoms with Crippen LogP contribution in [0.5, 0.6) is 0 Å². The maximum atomic E-state index is 13.2. The molecule has 2 aromatic carbocycles. The second-order valence-corrected chi connectivity index (χ2v) is 9.80. The van der Waals surface area contributed by atoms with Crippen LogP contribution in [0.15, 0.2) is 53.6 Å². The van der Waals surface area contributed by atoms with Crippen molar-refractivity contribution in [3.05, 3.63) is 69.7 Å². The summed E-state index contributed by atoms with van der Waals surface area (Å²) in [6.07, 6.45) is 4.45. The van der Waals surface area contributed by atoms with E-state index in [9.17, 15) is 14.4 Å². The third-order valence-corrected chi connectivity index (χ3v) is 7.35. The zero-order chi connectivity index (χ0) is 24.5. The number of imide groups is 1. The molecular formula is C26H24ClN3O4S. The van der Waals surface area contributed by atoms with Crippen LogP contribution >= 0.6 is 23.4 Å². The highest BCUT2D eigenvalue weighted by molar-refractivity contribution is 8.19. The number of hydrogen-bond acceptors (Lipinski definition) is 5. The quantitative estimate of drug-likeness (QED) is 0.455. The molecule has 1 aromatic heterocycles. The van der Waals surface area contributed by atoms with Crippen LogP contribution in [0, 0.1) is 0 Å². The number of rotatable bonds is 5. The lowest BCUT2D eigenvalue weighted by molar-refractivity contribution is -0.135. The molecule has 0 N–H and O–H groups in total. The fourth-order valence-corrected chi connectivity index (χ4v) is 5.43. The number of carbonyl (C=O) groups excluding carboxylic acids is 3. The predicted molar refractivity (Wildman–Crippen MR) is 139 cm³/mol. The Hall–Kier alpha value is -3.07. The number of ether oxygens (including phenoxy) is 1. The zero-order valence-corrected chi connectivity index (χ0v) is 20.8. The number of aromatic nitrogens is 1. The van der Waals surface area contributed by atoms with E-state index >= 15 is 0 Å². The molecule has 3 heterocycles. The molecule has 2 fully saturated rings. The monoisotopic (exact) mass is 509 g/mol. The van der Waals surface area contributed by atoms with Crippen molar-refractivity contribution in [1.29, 1.82) is 0 Å². The predicted octanol–water partition coefficient (Wildman–Crippen LogP) is 4.96. The molecule has 2 aliphatic heterocycles. The van der Waals surface area contributed by atoms with Crippen LogP contribution in [-0.4, -0.2) is 52.8 Å². The van der Waals surface area contributed by atoms with E-state index in [0.29, 0.717) is 41.9 Å². The van der Waals surface area contributed by atoms with Crippen LogP contribution in [0.3, 0.4) is 0 Å². The number of para-hydroxylation sites is 1. The van der Waals surface area contributed by atoms with Gasteiger partial charge in [-0.05, 0) is 54.1 Å². The molecule has 7 nitrogen and oxygen atoms in total. The Morgan fingerprint density at radius 2 is 1.86 bits per heavy atom. The van der Waals surface area contributed by atoms with Crippen molar-refractivity contribution >= 4 is 63.1 Å². The first-order valence-electron chi connectivity index (χ1n) is 11.5. The number of morpholine rings is 1. The van der Waals surface area contributed by atoms with Crippen molar-refractivity contribution in [3.8, 4) is 0 Å². The molecule has 0 aliphatic carbocycles. The fraction of sp³-hybridized carbons (Fsp3) is 0.269. The second-order valence-electron chi connectivity index (χ2n) is 8.37. The maximum absolute atomic E-state index is 13.2. The second kappa shape index (κ2) is 9.89. The third kappa shape index (κ3) is 4.61. The lowest BCUT2D eigenvalue weighted by Crippen LogP contribution is -2.42. The number of anilines is 1. The number of halogens is 1. The minimum atomic E-state index is -0.376. The number of hydrogen-bond donors (Lipinski definition) is 0. The van der Waals surface area contributed by atoms with Crippen molar-refractivity contribution in [1.82, 2.24) is 9.47 Å². The van der Waals surface area contributed by atoms with Gasteiger partial charge in [-0.1, -0.05) is 36.7 Å². The smallest absolute Gasteiger partial charge is 0.298 e. The number of fused-ring (bicyclic) bond motifs is 1. The molecule has 0 saturated carbocycles. The molecular weight excluding hydrogens is 486 g/mol. The number of benzene rings is 2. The van der Waals surface area contributed by atoms with E-state index in [2.05, 4.69) is 13.0 Å². The van der Waals surface area contributed by atoms with E-state index in [0.717, 1.165) is 45.1 Å². The summed E-state index contributed by atoms with van der Waals surface area (Å²) >= 11 is 6.86. The number of aryl methyl sites for hydroxylation is 1. The van der Waals surface area contributed by atoms with Gasteiger partial charge in [-0.3, -0.25) is 14.4 Å². The van der Waals surface area contributed by atoms with Gasteiger partial charge in [0.05, 0.1) is 29.3 Å². The first-order chi connectivity index (χ1) is 17.0. The van der Waals surface area contributed by atoms with Crippen LogP contribution in [0.4, 0.5) is 10.5 Å². The fourth-order valence-electron chi connectivity index (χ4n) is 4.47. The largest absolute Gasteiger partial charge is 0.378 e. The first-order valence-corrected chi connectivity index (χ1v) is 12.7. The van der Waals surface area contributed by atoms with Gasteiger partial charge in [0.1, 0.15) is 6.54 Å².